The Balaban J connectivity index is 3.55. The molecule has 4 nitrogen and oxygen atoms in total. The molecule has 0 bridgehead atoms. The monoisotopic (exact) mass is 403 g/mol. The van der Waals surface area contributed by atoms with Gasteiger partial charge in [-0.2, -0.15) is 0 Å². The second kappa shape index (κ2) is 6.58. The van der Waals surface area contributed by atoms with E-state index in [9.17, 15) is 22.0 Å². The van der Waals surface area contributed by atoms with Crippen LogP contribution >= 0.6 is 26.6 Å². The van der Waals surface area contributed by atoms with Crippen LogP contribution in [0.3, 0.4) is 0 Å². The van der Waals surface area contributed by atoms with Crippen LogP contribution in [0, 0.1) is 11.6 Å². The average Bonchev–Trinajstić information content (AvgIpc) is 2.34. The lowest BCUT2D eigenvalue weighted by Crippen LogP contribution is -2.36. The van der Waals surface area contributed by atoms with Crippen molar-refractivity contribution in [3.63, 3.8) is 0 Å². The second-order valence-electron chi connectivity index (χ2n) is 4.47. The van der Waals surface area contributed by atoms with Gasteiger partial charge in [0.15, 0.2) is 5.82 Å². The summed E-state index contributed by atoms with van der Waals surface area (Å²) < 4.78 is 50.5. The maximum absolute atomic E-state index is 14.3. The summed E-state index contributed by atoms with van der Waals surface area (Å²) in [5.74, 6) is -3.62. The number of benzene rings is 1. The van der Waals surface area contributed by atoms with Crippen molar-refractivity contribution < 1.29 is 22.0 Å². The van der Waals surface area contributed by atoms with Crippen LogP contribution in [0.4, 0.5) is 8.78 Å². The van der Waals surface area contributed by atoms with Gasteiger partial charge in [-0.1, -0.05) is 6.92 Å². The van der Waals surface area contributed by atoms with Gasteiger partial charge in [0.05, 0.1) is 0 Å². The molecule has 0 saturated carbocycles. The minimum Gasteiger partial charge on any atom is -0.339 e. The van der Waals surface area contributed by atoms with Crippen LogP contribution in [-0.4, -0.2) is 32.3 Å². The van der Waals surface area contributed by atoms with E-state index in [2.05, 4.69) is 15.9 Å². The summed E-state index contributed by atoms with van der Waals surface area (Å²) in [6, 6.07) is 0.437. The molecule has 0 aliphatic rings. The SMILES string of the molecule is CCC(C)N(C)C(=O)c1c(F)cc(Br)c(S(=O)(=O)Cl)c1F. The molecule has 21 heavy (non-hydrogen) atoms. The number of carbonyl (C=O) groups excluding carboxylic acids is 1. The van der Waals surface area contributed by atoms with Gasteiger partial charge in [-0.05, 0) is 35.3 Å². The van der Waals surface area contributed by atoms with Crippen molar-refractivity contribution in [2.45, 2.75) is 31.2 Å². The van der Waals surface area contributed by atoms with Crippen molar-refractivity contribution >= 4 is 41.6 Å². The number of hydrogen-bond acceptors (Lipinski definition) is 3. The molecule has 1 unspecified atom stereocenters. The van der Waals surface area contributed by atoms with Gasteiger partial charge in [0, 0.05) is 28.2 Å². The minimum absolute atomic E-state index is 0.268. The summed E-state index contributed by atoms with van der Waals surface area (Å²) in [6.45, 7) is 3.50. The van der Waals surface area contributed by atoms with E-state index >= 15 is 0 Å². The molecule has 0 heterocycles. The highest BCUT2D eigenvalue weighted by Gasteiger charge is 2.31. The molecule has 1 aromatic rings. The van der Waals surface area contributed by atoms with Crippen LogP contribution in [0.1, 0.15) is 30.6 Å². The zero-order chi connectivity index (χ0) is 16.5. The van der Waals surface area contributed by atoms with Crippen LogP contribution in [-0.2, 0) is 9.05 Å². The van der Waals surface area contributed by atoms with Gasteiger partial charge >= 0.3 is 0 Å². The summed E-state index contributed by atoms with van der Waals surface area (Å²) in [5, 5.41) is 0. The van der Waals surface area contributed by atoms with Crippen molar-refractivity contribution in [3.05, 3.63) is 27.7 Å². The largest absolute Gasteiger partial charge is 0.339 e. The summed E-state index contributed by atoms with van der Waals surface area (Å²) in [6.07, 6.45) is 0.572. The number of amides is 1. The lowest BCUT2D eigenvalue weighted by atomic mass is 10.1. The Labute approximate surface area is 134 Å². The molecule has 9 heteroatoms. The molecule has 0 aliphatic heterocycles. The molecule has 1 amide bonds. The average molecular weight is 405 g/mol. The Kier molecular flexibility index (Phi) is 5.74. The third-order valence-electron chi connectivity index (χ3n) is 3.16. The quantitative estimate of drug-likeness (QED) is 0.722. The Morgan fingerprint density at radius 2 is 2.00 bits per heavy atom. The van der Waals surface area contributed by atoms with Crippen molar-refractivity contribution in [1.82, 2.24) is 4.90 Å². The smallest absolute Gasteiger partial charge is 0.265 e. The maximum atomic E-state index is 14.3. The number of carbonyl (C=O) groups is 1. The molecule has 1 atom stereocenters. The Bertz CT molecular complexity index is 682. The van der Waals surface area contributed by atoms with Crippen LogP contribution < -0.4 is 0 Å². The van der Waals surface area contributed by atoms with Gasteiger partial charge in [-0.3, -0.25) is 4.79 Å². The number of rotatable bonds is 4. The zero-order valence-corrected chi connectivity index (χ0v) is 14.6. The standard InChI is InChI=1S/C12H13BrClF2NO3S/c1-4-6(2)17(3)12(18)9-8(15)5-7(13)11(10(9)16)21(14,19)20/h5-6H,4H2,1-3H3. The van der Waals surface area contributed by atoms with E-state index in [0.717, 1.165) is 4.90 Å². The molecule has 0 radical (unpaired) electrons. The molecule has 1 aromatic carbocycles. The van der Waals surface area contributed by atoms with Gasteiger partial charge in [0.2, 0.25) is 0 Å². The fourth-order valence-corrected chi connectivity index (χ4v) is 4.00. The lowest BCUT2D eigenvalue weighted by Gasteiger charge is -2.24. The predicted octanol–water partition coefficient (Wildman–Crippen LogP) is 3.53. The van der Waals surface area contributed by atoms with Gasteiger partial charge in [0.1, 0.15) is 16.3 Å². The Morgan fingerprint density at radius 3 is 2.43 bits per heavy atom. The van der Waals surface area contributed by atoms with Crippen LogP contribution in [0.2, 0.25) is 0 Å². The van der Waals surface area contributed by atoms with E-state index in [-0.39, 0.29) is 10.5 Å². The highest BCUT2D eigenvalue weighted by Crippen LogP contribution is 2.32. The first-order valence-electron chi connectivity index (χ1n) is 5.91. The summed E-state index contributed by atoms with van der Waals surface area (Å²) in [5.41, 5.74) is -0.944. The first-order valence-corrected chi connectivity index (χ1v) is 9.01. The van der Waals surface area contributed by atoms with E-state index in [1.54, 1.807) is 13.8 Å². The molecule has 0 spiro atoms. The fourth-order valence-electron chi connectivity index (χ4n) is 1.64. The maximum Gasteiger partial charge on any atom is 0.265 e. The molecule has 0 saturated heterocycles. The molecule has 0 fully saturated rings. The highest BCUT2D eigenvalue weighted by atomic mass is 79.9. The van der Waals surface area contributed by atoms with Crippen molar-refractivity contribution in [2.24, 2.45) is 0 Å². The zero-order valence-electron chi connectivity index (χ0n) is 11.5. The third-order valence-corrected chi connectivity index (χ3v) is 5.40. The Morgan fingerprint density at radius 1 is 1.48 bits per heavy atom. The fraction of sp³-hybridized carbons (Fsp3) is 0.417. The van der Waals surface area contributed by atoms with E-state index in [4.69, 9.17) is 10.7 Å². The van der Waals surface area contributed by atoms with Gasteiger partial charge in [-0.15, -0.1) is 0 Å². The molecule has 0 aromatic heterocycles. The van der Waals surface area contributed by atoms with Crippen molar-refractivity contribution in [2.75, 3.05) is 7.05 Å². The van der Waals surface area contributed by atoms with Gasteiger partial charge < -0.3 is 4.90 Å². The third kappa shape index (κ3) is 3.73. The molecular formula is C12H13BrClF2NO3S. The lowest BCUT2D eigenvalue weighted by molar-refractivity contribution is 0.0730. The Hall–Kier alpha value is -0.730. The molecule has 1 rings (SSSR count). The topological polar surface area (TPSA) is 54.5 Å². The molecule has 0 N–H and O–H groups in total. The molecular weight excluding hydrogens is 392 g/mol. The first kappa shape index (κ1) is 18.3. The first-order chi connectivity index (χ1) is 9.52. The van der Waals surface area contributed by atoms with Crippen LogP contribution in [0.15, 0.2) is 15.4 Å². The molecule has 0 aliphatic carbocycles. The van der Waals surface area contributed by atoms with Crippen molar-refractivity contribution in [1.29, 1.82) is 0 Å². The minimum atomic E-state index is -4.48. The van der Waals surface area contributed by atoms with Crippen LogP contribution in [0.25, 0.3) is 0 Å². The van der Waals surface area contributed by atoms with E-state index in [0.29, 0.717) is 12.5 Å². The number of nitrogens with zero attached hydrogens (tertiary/aromatic N) is 1. The van der Waals surface area contributed by atoms with E-state index < -0.39 is 37.1 Å². The summed E-state index contributed by atoms with van der Waals surface area (Å²) in [7, 11) is 2.03. The number of hydrogen-bond donors (Lipinski definition) is 0. The van der Waals surface area contributed by atoms with Gasteiger partial charge in [0.25, 0.3) is 15.0 Å². The molecule has 118 valence electrons. The van der Waals surface area contributed by atoms with E-state index in [1.807, 2.05) is 0 Å². The summed E-state index contributed by atoms with van der Waals surface area (Å²) in [4.78, 5) is 12.4. The number of halogens is 4. The second-order valence-corrected chi connectivity index (χ2v) is 7.83. The highest BCUT2D eigenvalue weighted by molar-refractivity contribution is 9.10. The normalized spacial score (nSPS) is 13.1. The van der Waals surface area contributed by atoms with E-state index in [1.165, 1.54) is 7.05 Å². The summed E-state index contributed by atoms with van der Waals surface area (Å²) >= 11 is 2.73. The predicted molar refractivity (Wildman–Crippen MR) is 78.9 cm³/mol. The van der Waals surface area contributed by atoms with Crippen molar-refractivity contribution in [3.8, 4) is 0 Å². The van der Waals surface area contributed by atoms with Crippen LogP contribution in [0.5, 0.6) is 0 Å². The van der Waals surface area contributed by atoms with Gasteiger partial charge in [-0.25, -0.2) is 17.2 Å².